The quantitative estimate of drug-likeness (QED) is 0.801. The highest BCUT2D eigenvalue weighted by Gasteiger charge is 2.25. The van der Waals surface area contributed by atoms with Gasteiger partial charge in [0, 0.05) is 32.1 Å². The first-order valence-electron chi connectivity index (χ1n) is 7.53. The Bertz CT molecular complexity index is 617. The summed E-state index contributed by atoms with van der Waals surface area (Å²) in [5.74, 6) is 0.368. The highest BCUT2D eigenvalue weighted by Crippen LogP contribution is 2.38. The highest BCUT2D eigenvalue weighted by atomic mass is 35.5. The highest BCUT2D eigenvalue weighted by molar-refractivity contribution is 6.32. The number of rotatable bonds is 5. The minimum absolute atomic E-state index is 0.0868. The normalized spacial score (nSPS) is 14.2. The summed E-state index contributed by atoms with van der Waals surface area (Å²) in [6.45, 7) is 3.36. The van der Waals surface area contributed by atoms with Crippen LogP contribution in [-0.2, 0) is 14.3 Å². The SMILES string of the molecule is COc1cc(N(CC(=O)N2CCOCC2)C(C)=O)c(OC)cc1Cl. The third kappa shape index (κ3) is 4.10. The molecule has 0 N–H and O–H groups in total. The van der Waals surface area contributed by atoms with E-state index in [9.17, 15) is 9.59 Å². The number of hydrogen-bond donors (Lipinski definition) is 0. The molecule has 24 heavy (non-hydrogen) atoms. The summed E-state index contributed by atoms with van der Waals surface area (Å²) >= 11 is 6.09. The summed E-state index contributed by atoms with van der Waals surface area (Å²) in [5.41, 5.74) is 0.438. The van der Waals surface area contributed by atoms with E-state index in [-0.39, 0.29) is 18.4 Å². The predicted octanol–water partition coefficient (Wildman–Crippen LogP) is 1.57. The van der Waals surface area contributed by atoms with E-state index >= 15 is 0 Å². The molecule has 0 aliphatic carbocycles. The van der Waals surface area contributed by atoms with Crippen LogP contribution in [0.5, 0.6) is 11.5 Å². The number of amides is 2. The largest absolute Gasteiger partial charge is 0.495 e. The average molecular weight is 357 g/mol. The molecule has 1 aliphatic rings. The number of morpholine rings is 1. The maximum Gasteiger partial charge on any atom is 0.242 e. The molecule has 1 saturated heterocycles. The van der Waals surface area contributed by atoms with E-state index in [1.54, 1.807) is 17.0 Å². The second-order valence-corrected chi connectivity index (χ2v) is 5.66. The number of methoxy groups -OCH3 is 2. The van der Waals surface area contributed by atoms with Crippen molar-refractivity contribution in [3.05, 3.63) is 17.2 Å². The predicted molar refractivity (Wildman–Crippen MR) is 90.0 cm³/mol. The van der Waals surface area contributed by atoms with Gasteiger partial charge in [0.1, 0.15) is 18.0 Å². The third-order valence-corrected chi connectivity index (χ3v) is 4.08. The molecule has 132 valence electrons. The number of anilines is 1. The van der Waals surface area contributed by atoms with Crippen molar-refractivity contribution in [2.45, 2.75) is 6.92 Å². The topological polar surface area (TPSA) is 68.3 Å². The molecule has 0 atom stereocenters. The van der Waals surface area contributed by atoms with Gasteiger partial charge in [-0.1, -0.05) is 11.6 Å². The Labute approximate surface area is 146 Å². The van der Waals surface area contributed by atoms with Gasteiger partial charge in [0.15, 0.2) is 0 Å². The Kier molecular flexibility index (Phi) is 6.28. The Balaban J connectivity index is 2.29. The lowest BCUT2D eigenvalue weighted by atomic mass is 10.2. The lowest BCUT2D eigenvalue weighted by Crippen LogP contribution is -2.47. The van der Waals surface area contributed by atoms with Gasteiger partial charge < -0.3 is 19.1 Å². The molecule has 0 spiro atoms. The van der Waals surface area contributed by atoms with Gasteiger partial charge in [-0.05, 0) is 0 Å². The van der Waals surface area contributed by atoms with Crippen LogP contribution in [0.25, 0.3) is 0 Å². The van der Waals surface area contributed by atoms with Crippen molar-refractivity contribution in [2.75, 3.05) is 52.0 Å². The van der Waals surface area contributed by atoms with Crippen molar-refractivity contribution in [3.63, 3.8) is 0 Å². The van der Waals surface area contributed by atoms with Gasteiger partial charge in [0.25, 0.3) is 0 Å². The lowest BCUT2D eigenvalue weighted by Gasteiger charge is -2.30. The zero-order valence-electron chi connectivity index (χ0n) is 14.0. The van der Waals surface area contributed by atoms with Gasteiger partial charge in [0.2, 0.25) is 11.8 Å². The Hall–Kier alpha value is -1.99. The number of halogens is 1. The van der Waals surface area contributed by atoms with Crippen molar-refractivity contribution in [1.82, 2.24) is 4.90 Å². The van der Waals surface area contributed by atoms with E-state index in [0.29, 0.717) is 48.5 Å². The molecule has 1 heterocycles. The summed E-state index contributed by atoms with van der Waals surface area (Å²) in [6.07, 6.45) is 0. The molecule has 0 unspecified atom stereocenters. The third-order valence-electron chi connectivity index (χ3n) is 3.78. The second-order valence-electron chi connectivity index (χ2n) is 5.26. The maximum atomic E-state index is 12.5. The molecule has 7 nitrogen and oxygen atoms in total. The lowest BCUT2D eigenvalue weighted by molar-refractivity contribution is -0.134. The Morgan fingerprint density at radius 2 is 1.83 bits per heavy atom. The van der Waals surface area contributed by atoms with Crippen LogP contribution in [0, 0.1) is 0 Å². The fraction of sp³-hybridized carbons (Fsp3) is 0.500. The van der Waals surface area contributed by atoms with Crippen molar-refractivity contribution >= 4 is 29.1 Å². The number of hydrogen-bond acceptors (Lipinski definition) is 5. The van der Waals surface area contributed by atoms with Crippen LogP contribution < -0.4 is 14.4 Å². The molecule has 1 aromatic carbocycles. The average Bonchev–Trinajstić information content (AvgIpc) is 2.59. The van der Waals surface area contributed by atoms with Gasteiger partial charge >= 0.3 is 0 Å². The minimum atomic E-state index is -0.278. The summed E-state index contributed by atoms with van der Waals surface area (Å²) in [7, 11) is 2.96. The van der Waals surface area contributed by atoms with E-state index in [1.807, 2.05) is 0 Å². The van der Waals surface area contributed by atoms with Crippen LogP contribution >= 0.6 is 11.6 Å². The maximum absolute atomic E-state index is 12.5. The standard InChI is InChI=1S/C16H21ClN2O5/c1-11(20)19(10-16(21)18-4-6-24-7-5-18)13-9-14(22-2)12(17)8-15(13)23-3/h8-9H,4-7,10H2,1-3H3. The molecule has 0 radical (unpaired) electrons. The van der Waals surface area contributed by atoms with E-state index in [4.69, 9.17) is 25.8 Å². The summed E-state index contributed by atoms with van der Waals surface area (Å²) in [6, 6.07) is 3.15. The van der Waals surface area contributed by atoms with E-state index in [1.165, 1.54) is 26.0 Å². The van der Waals surface area contributed by atoms with Crippen LogP contribution in [0.4, 0.5) is 5.69 Å². The first-order chi connectivity index (χ1) is 11.5. The molecular weight excluding hydrogens is 336 g/mol. The summed E-state index contributed by atoms with van der Waals surface area (Å²) in [5, 5.41) is 0.362. The number of benzene rings is 1. The van der Waals surface area contributed by atoms with Crippen LogP contribution in [0.1, 0.15) is 6.92 Å². The first kappa shape index (κ1) is 18.4. The molecule has 1 fully saturated rings. The zero-order chi connectivity index (χ0) is 17.7. The zero-order valence-corrected chi connectivity index (χ0v) is 14.8. The molecule has 1 aliphatic heterocycles. The molecule has 1 aromatic rings. The van der Waals surface area contributed by atoms with Crippen LogP contribution in [0.3, 0.4) is 0 Å². The summed E-state index contributed by atoms with van der Waals surface area (Å²) in [4.78, 5) is 27.6. The molecule has 8 heteroatoms. The van der Waals surface area contributed by atoms with E-state index in [2.05, 4.69) is 0 Å². The summed E-state index contributed by atoms with van der Waals surface area (Å²) < 4.78 is 15.7. The van der Waals surface area contributed by atoms with Crippen LogP contribution in [0.2, 0.25) is 5.02 Å². The van der Waals surface area contributed by atoms with Gasteiger partial charge in [-0.2, -0.15) is 0 Å². The second kappa shape index (κ2) is 8.21. The van der Waals surface area contributed by atoms with Crippen molar-refractivity contribution in [3.8, 4) is 11.5 Å². The molecular formula is C16H21ClN2O5. The van der Waals surface area contributed by atoms with Crippen molar-refractivity contribution in [1.29, 1.82) is 0 Å². The number of nitrogens with zero attached hydrogens (tertiary/aromatic N) is 2. The van der Waals surface area contributed by atoms with Gasteiger partial charge in [-0.15, -0.1) is 0 Å². The van der Waals surface area contributed by atoms with Gasteiger partial charge in [-0.25, -0.2) is 0 Å². The number of carbonyl (C=O) groups is 2. The number of carbonyl (C=O) groups excluding carboxylic acids is 2. The fourth-order valence-corrected chi connectivity index (χ4v) is 2.70. The first-order valence-corrected chi connectivity index (χ1v) is 7.91. The monoisotopic (exact) mass is 356 g/mol. The number of ether oxygens (including phenoxy) is 3. The Morgan fingerprint density at radius 3 is 2.38 bits per heavy atom. The van der Waals surface area contributed by atoms with Crippen LogP contribution in [0.15, 0.2) is 12.1 Å². The fourth-order valence-electron chi connectivity index (χ4n) is 2.47. The minimum Gasteiger partial charge on any atom is -0.495 e. The molecule has 2 amide bonds. The molecule has 0 saturated carbocycles. The van der Waals surface area contributed by atoms with Crippen molar-refractivity contribution < 1.29 is 23.8 Å². The molecule has 0 aromatic heterocycles. The van der Waals surface area contributed by atoms with Gasteiger partial charge in [0.05, 0.1) is 38.1 Å². The van der Waals surface area contributed by atoms with E-state index < -0.39 is 0 Å². The molecule has 2 rings (SSSR count). The van der Waals surface area contributed by atoms with Crippen LogP contribution in [-0.4, -0.2) is 63.8 Å². The smallest absolute Gasteiger partial charge is 0.242 e. The van der Waals surface area contributed by atoms with Crippen molar-refractivity contribution in [2.24, 2.45) is 0 Å². The molecule has 0 bridgehead atoms. The Morgan fingerprint density at radius 1 is 1.21 bits per heavy atom. The van der Waals surface area contributed by atoms with Gasteiger partial charge in [-0.3, -0.25) is 14.5 Å². The van der Waals surface area contributed by atoms with E-state index in [0.717, 1.165) is 0 Å².